The Morgan fingerprint density at radius 1 is 0.395 bits per heavy atom. The molecule has 0 rings (SSSR count). The molecule has 0 spiro atoms. The topological polar surface area (TPSA) is 80.3 Å². The molecular weight excluding hydrogens is 639 g/mol. The van der Waals surface area contributed by atoms with Crippen molar-refractivity contribution < 1.29 is 21.2 Å². The number of carbonyl (C=O) groups excluding carboxylic acids is 2. The molecule has 257 valence electrons. The van der Waals surface area contributed by atoms with Crippen LogP contribution in [0.4, 0.5) is 0 Å². The summed E-state index contributed by atoms with van der Waals surface area (Å²) in [5.41, 5.74) is 0. The Labute approximate surface area is 289 Å². The summed E-state index contributed by atoms with van der Waals surface area (Å²) in [7, 11) is 0. The third-order valence-electron chi connectivity index (χ3n) is 7.82. The van der Waals surface area contributed by atoms with E-state index in [1.165, 1.54) is 161 Å². The van der Waals surface area contributed by atoms with E-state index in [-0.39, 0.29) is 38.2 Å². The first kappa shape index (κ1) is 49.6. The van der Waals surface area contributed by atoms with Crippen molar-refractivity contribution in [3.8, 4) is 0 Å². The molecule has 0 aromatic heterocycles. The predicted molar refractivity (Wildman–Crippen MR) is 188 cm³/mol. The molecule has 0 aromatic rings. The minimum atomic E-state index is -0.905. The van der Waals surface area contributed by atoms with Crippen molar-refractivity contribution in [2.75, 3.05) is 0 Å². The molecule has 0 N–H and O–H groups in total. The number of carboxylic acid groups (broad SMARTS) is 2. The van der Waals surface area contributed by atoms with E-state index in [4.69, 9.17) is 0 Å². The molecule has 0 heterocycles. The Bertz CT molecular complexity index is 461. The molecule has 5 heteroatoms. The van der Waals surface area contributed by atoms with Crippen LogP contribution in [0.25, 0.3) is 0 Å². The number of unbranched alkanes of at least 4 members (excludes halogenated alkanes) is 27. The molecule has 0 unspecified atom stereocenters. The zero-order chi connectivity index (χ0) is 31.8. The molecule has 0 fully saturated rings. The van der Waals surface area contributed by atoms with Gasteiger partial charge in [0.1, 0.15) is 0 Å². The van der Waals surface area contributed by atoms with Gasteiger partial charge in [-0.15, -0.1) is 0 Å². The van der Waals surface area contributed by atoms with Crippen molar-refractivity contribution in [3.05, 3.63) is 6.92 Å². The van der Waals surface area contributed by atoms with Gasteiger partial charge in [0, 0.05) is 13.4 Å². The quantitative estimate of drug-likeness (QED) is 0.0528. The first-order valence-corrected chi connectivity index (χ1v) is 18.6. The van der Waals surface area contributed by atoms with Gasteiger partial charge in [-0.3, -0.25) is 0 Å². The Kier molecular flexibility index (Phi) is 56.1. The summed E-state index contributed by atoms with van der Waals surface area (Å²) in [6, 6.07) is 0. The van der Waals surface area contributed by atoms with Crippen LogP contribution in [-0.2, 0) is 9.59 Å². The summed E-state index contributed by atoms with van der Waals surface area (Å²) in [4.78, 5) is 20.3. The molecule has 0 saturated carbocycles. The van der Waals surface area contributed by atoms with E-state index in [1.807, 2.05) is 0 Å². The molecule has 4 nitrogen and oxygen atoms in total. The molecule has 0 aliphatic heterocycles. The average molecular weight is 717 g/mol. The number of carboxylic acids is 2. The van der Waals surface area contributed by atoms with E-state index in [2.05, 4.69) is 27.7 Å². The maximum Gasteiger partial charge on any atom is 2.00 e. The minimum absolute atomic E-state index is 0. The van der Waals surface area contributed by atoms with Crippen LogP contribution in [0.2, 0.25) is 0 Å². The summed E-state index contributed by atoms with van der Waals surface area (Å²) in [6.45, 7) is 10.5. The van der Waals surface area contributed by atoms with E-state index >= 15 is 0 Å². The number of aliphatic carboxylic acids is 2. The van der Waals surface area contributed by atoms with Crippen molar-refractivity contribution in [3.63, 3.8) is 0 Å². The number of hydrogen-bond acceptors (Lipinski definition) is 4. The number of hydrogen-bond donors (Lipinski definition) is 0. The molecule has 0 bridgehead atoms. The second-order valence-corrected chi connectivity index (χ2v) is 12.3. The van der Waals surface area contributed by atoms with Gasteiger partial charge in [-0.1, -0.05) is 207 Å². The maximum absolute atomic E-state index is 10.2. The van der Waals surface area contributed by atoms with Gasteiger partial charge >= 0.3 is 23.9 Å². The summed E-state index contributed by atoms with van der Waals surface area (Å²) in [6.07, 6.45) is 38.9. The number of rotatable bonds is 31. The van der Waals surface area contributed by atoms with Crippen LogP contribution < -0.4 is 10.2 Å². The van der Waals surface area contributed by atoms with Crippen LogP contribution >= 0.6 is 0 Å². The van der Waals surface area contributed by atoms with E-state index in [9.17, 15) is 19.8 Å². The van der Waals surface area contributed by atoms with E-state index in [1.54, 1.807) is 0 Å². The van der Waals surface area contributed by atoms with Crippen molar-refractivity contribution in [1.29, 1.82) is 0 Å². The predicted octanol–water partition coefficient (Wildman–Crippen LogP) is 10.7. The molecular formula is C38H77O4Sn. The second kappa shape index (κ2) is 48.6. The molecule has 0 aliphatic rings. The van der Waals surface area contributed by atoms with Gasteiger partial charge in [0.05, 0.1) is 0 Å². The number of carbonyl (C=O) groups is 2. The normalized spacial score (nSPS) is 10.2. The van der Waals surface area contributed by atoms with E-state index in [0.29, 0.717) is 0 Å². The van der Waals surface area contributed by atoms with E-state index < -0.39 is 11.9 Å². The van der Waals surface area contributed by atoms with E-state index in [0.717, 1.165) is 32.1 Å². The van der Waals surface area contributed by atoms with Crippen molar-refractivity contribution >= 4 is 35.8 Å². The van der Waals surface area contributed by atoms with Gasteiger partial charge in [0.2, 0.25) is 0 Å². The summed E-state index contributed by atoms with van der Waals surface area (Å²) in [5, 5.41) is 20.3. The van der Waals surface area contributed by atoms with Crippen LogP contribution in [0.3, 0.4) is 0 Å². The van der Waals surface area contributed by atoms with Crippen molar-refractivity contribution in [1.82, 2.24) is 0 Å². The monoisotopic (exact) mass is 717 g/mol. The third-order valence-corrected chi connectivity index (χ3v) is 7.82. The van der Waals surface area contributed by atoms with Gasteiger partial charge in [-0.25, -0.2) is 0 Å². The molecule has 43 heavy (non-hydrogen) atoms. The first-order valence-electron chi connectivity index (χ1n) is 18.6. The van der Waals surface area contributed by atoms with Gasteiger partial charge in [-0.05, 0) is 25.7 Å². The minimum Gasteiger partial charge on any atom is -0.550 e. The molecule has 0 atom stereocenters. The van der Waals surface area contributed by atoms with Crippen LogP contribution in [-0.4, -0.2) is 35.8 Å². The second-order valence-electron chi connectivity index (χ2n) is 12.3. The summed E-state index contributed by atoms with van der Waals surface area (Å²) >= 11 is 0. The van der Waals surface area contributed by atoms with Crippen molar-refractivity contribution in [2.45, 2.75) is 226 Å². The standard InChI is InChI=1S/2C15H30O2.C8H17.Sn.H2/c2*1-2-3-4-5-6-7-8-9-10-11-12-13-14-15(16)17;1-3-5-7-8-6-4-2;;/h2*2-14H2,1H3,(H,16,17);1,3-8H2,2H3;;1H/q;;;+2;/p-2. The van der Waals surface area contributed by atoms with Crippen LogP contribution in [0, 0.1) is 6.92 Å². The zero-order valence-corrected chi connectivity index (χ0v) is 32.3. The van der Waals surface area contributed by atoms with Crippen LogP contribution in [0.5, 0.6) is 0 Å². The largest absolute Gasteiger partial charge is 2.00 e. The fourth-order valence-electron chi connectivity index (χ4n) is 5.00. The van der Waals surface area contributed by atoms with Gasteiger partial charge < -0.3 is 19.8 Å². The fourth-order valence-corrected chi connectivity index (χ4v) is 5.00. The molecule has 0 aromatic carbocycles. The smallest absolute Gasteiger partial charge is 0.550 e. The SMILES string of the molecule is CCCCCCCCCCCCCCC(=O)[O-].CCCCCCCCCCCCCCC(=O)[O-].[CH2]CCCCCCC.[HH].[Sn+2]. The molecule has 0 saturated heterocycles. The van der Waals surface area contributed by atoms with Gasteiger partial charge in [-0.2, -0.15) is 0 Å². The molecule has 3 radical (unpaired) electrons. The molecule has 0 aliphatic carbocycles. The maximum atomic E-state index is 10.2. The Hall–Kier alpha value is -0.261. The van der Waals surface area contributed by atoms with Gasteiger partial charge in [0.25, 0.3) is 0 Å². The summed E-state index contributed by atoms with van der Waals surface area (Å²) in [5.74, 6) is -1.81. The zero-order valence-electron chi connectivity index (χ0n) is 29.5. The first-order chi connectivity index (χ1) is 20.5. The molecule has 0 amide bonds. The average Bonchev–Trinajstić information content (AvgIpc) is 2.97. The van der Waals surface area contributed by atoms with Crippen LogP contribution in [0.15, 0.2) is 0 Å². The Morgan fingerprint density at radius 2 is 0.581 bits per heavy atom. The Morgan fingerprint density at radius 3 is 0.767 bits per heavy atom. The Balaban J connectivity index is -0.000000179. The fraction of sp³-hybridized carbons (Fsp3) is 0.921. The van der Waals surface area contributed by atoms with Gasteiger partial charge in [0.15, 0.2) is 0 Å². The van der Waals surface area contributed by atoms with Crippen molar-refractivity contribution in [2.24, 2.45) is 0 Å². The van der Waals surface area contributed by atoms with Crippen LogP contribution in [0.1, 0.15) is 228 Å². The third kappa shape index (κ3) is 61.5. The summed E-state index contributed by atoms with van der Waals surface area (Å²) < 4.78 is 0.